The fraction of sp³-hybridized carbons (Fsp3) is 0.722. The zero-order chi connectivity index (χ0) is 28.8. The molecule has 3 saturated carbocycles. The smallest absolute Gasteiger partial charge is 0.338 e. The molecule has 4 aliphatic carbocycles. The number of rotatable bonds is 8. The van der Waals surface area contributed by atoms with E-state index in [4.69, 9.17) is 4.74 Å². The van der Waals surface area contributed by atoms with Crippen LogP contribution in [0.4, 0.5) is 0 Å². The Morgan fingerprint density at radius 1 is 1.00 bits per heavy atom. The highest BCUT2D eigenvalue weighted by Gasteiger charge is 2.61. The molecule has 0 radical (unpaired) electrons. The summed E-state index contributed by atoms with van der Waals surface area (Å²) in [5, 5.41) is 11.3. The van der Waals surface area contributed by atoms with Crippen LogP contribution in [0, 0.1) is 52.3 Å². The van der Waals surface area contributed by atoms with Crippen LogP contribution >= 0.6 is 0 Å². The van der Waals surface area contributed by atoms with Crippen molar-refractivity contribution in [3.8, 4) is 0 Å². The maximum atomic E-state index is 13.9. The maximum Gasteiger partial charge on any atom is 0.338 e. The molecular formula is C36H52O4. The van der Waals surface area contributed by atoms with Gasteiger partial charge in [-0.3, -0.25) is 4.79 Å². The Balaban J connectivity index is 1.34. The summed E-state index contributed by atoms with van der Waals surface area (Å²) >= 11 is 0. The van der Waals surface area contributed by atoms with Crippen LogP contribution in [-0.2, 0) is 9.53 Å². The van der Waals surface area contributed by atoms with Gasteiger partial charge in [0.05, 0.1) is 11.7 Å². The van der Waals surface area contributed by atoms with Crippen molar-refractivity contribution in [3.63, 3.8) is 0 Å². The predicted molar refractivity (Wildman–Crippen MR) is 160 cm³/mol. The number of fused-ring (bicyclic) bond motifs is 5. The molecule has 1 aromatic rings. The molecule has 0 aliphatic heterocycles. The lowest BCUT2D eigenvalue weighted by molar-refractivity contribution is -0.140. The Bertz CT molecular complexity index is 1110. The van der Waals surface area contributed by atoms with E-state index in [0.29, 0.717) is 29.2 Å². The zero-order valence-electron chi connectivity index (χ0n) is 25.7. The second-order valence-corrected chi connectivity index (χ2v) is 14.4. The first-order valence-electron chi connectivity index (χ1n) is 16.2. The molecule has 5 rings (SSSR count). The van der Waals surface area contributed by atoms with Crippen molar-refractivity contribution in [1.29, 1.82) is 0 Å². The van der Waals surface area contributed by atoms with E-state index in [1.165, 1.54) is 12.0 Å². The molecule has 4 heteroatoms. The number of benzene rings is 1. The molecule has 0 amide bonds. The predicted octanol–water partition coefficient (Wildman–Crippen LogP) is 8.04. The number of aliphatic hydroxyl groups is 1. The highest BCUT2D eigenvalue weighted by Crippen LogP contribution is 2.67. The first-order chi connectivity index (χ1) is 19.0. The van der Waals surface area contributed by atoms with Crippen LogP contribution in [-0.4, -0.2) is 29.1 Å². The Labute approximate surface area is 242 Å². The first kappa shape index (κ1) is 29.5. The van der Waals surface area contributed by atoms with Gasteiger partial charge in [-0.1, -0.05) is 78.2 Å². The molecule has 220 valence electrons. The number of hydrogen-bond donors (Lipinski definition) is 1. The van der Waals surface area contributed by atoms with Crippen molar-refractivity contribution >= 4 is 11.8 Å². The van der Waals surface area contributed by atoms with Crippen LogP contribution in [0.5, 0.6) is 0 Å². The molecule has 1 aromatic carbocycles. The fourth-order valence-electron chi connectivity index (χ4n) is 10.1. The van der Waals surface area contributed by atoms with Crippen LogP contribution in [0.1, 0.15) is 110 Å². The van der Waals surface area contributed by atoms with E-state index in [9.17, 15) is 14.7 Å². The van der Waals surface area contributed by atoms with E-state index in [1.807, 2.05) is 24.3 Å². The minimum absolute atomic E-state index is 0.00148. The molecule has 4 aliphatic rings. The van der Waals surface area contributed by atoms with Crippen LogP contribution in [0.2, 0.25) is 0 Å². The highest BCUT2D eigenvalue weighted by molar-refractivity contribution is 5.95. The van der Waals surface area contributed by atoms with Crippen molar-refractivity contribution in [1.82, 2.24) is 0 Å². The van der Waals surface area contributed by atoms with Crippen LogP contribution in [0.3, 0.4) is 0 Å². The molecule has 10 atom stereocenters. The normalized spacial score (nSPS) is 38.6. The molecule has 10 unspecified atom stereocenters. The first-order valence-corrected chi connectivity index (χ1v) is 16.2. The van der Waals surface area contributed by atoms with Gasteiger partial charge in [0.25, 0.3) is 0 Å². The number of esters is 1. The van der Waals surface area contributed by atoms with Crippen molar-refractivity contribution in [2.24, 2.45) is 52.3 Å². The number of aliphatic hydroxyl groups excluding tert-OH is 1. The number of hydrogen-bond acceptors (Lipinski definition) is 4. The van der Waals surface area contributed by atoms with E-state index in [0.717, 1.165) is 51.4 Å². The molecule has 0 aromatic heterocycles. The van der Waals surface area contributed by atoms with Gasteiger partial charge in [0.15, 0.2) is 5.78 Å². The van der Waals surface area contributed by atoms with Crippen molar-refractivity contribution in [3.05, 3.63) is 47.5 Å². The molecular weight excluding hydrogens is 496 g/mol. The largest absolute Gasteiger partial charge is 0.458 e. The highest BCUT2D eigenvalue weighted by atomic mass is 16.5. The van der Waals surface area contributed by atoms with Gasteiger partial charge in [-0.2, -0.15) is 0 Å². The molecule has 0 bridgehead atoms. The van der Waals surface area contributed by atoms with Gasteiger partial charge in [-0.15, -0.1) is 0 Å². The van der Waals surface area contributed by atoms with Gasteiger partial charge in [-0.05, 0) is 104 Å². The van der Waals surface area contributed by atoms with Crippen molar-refractivity contribution < 1.29 is 19.4 Å². The van der Waals surface area contributed by atoms with Gasteiger partial charge in [0.2, 0.25) is 0 Å². The summed E-state index contributed by atoms with van der Waals surface area (Å²) in [5.74, 6) is 2.09. The summed E-state index contributed by atoms with van der Waals surface area (Å²) in [6.45, 7) is 13.7. The van der Waals surface area contributed by atoms with Gasteiger partial charge in [0.1, 0.15) is 6.10 Å². The van der Waals surface area contributed by atoms with Gasteiger partial charge in [0, 0.05) is 11.8 Å². The average molecular weight is 549 g/mol. The quantitative estimate of drug-likeness (QED) is 0.334. The Kier molecular flexibility index (Phi) is 8.41. The second-order valence-electron chi connectivity index (χ2n) is 14.4. The van der Waals surface area contributed by atoms with Crippen LogP contribution < -0.4 is 0 Å². The third kappa shape index (κ3) is 4.91. The summed E-state index contributed by atoms with van der Waals surface area (Å²) < 4.78 is 6.02. The zero-order valence-corrected chi connectivity index (χ0v) is 25.7. The second kappa shape index (κ2) is 11.4. The lowest BCUT2D eigenvalue weighted by atomic mass is 9.46. The SMILES string of the molecule is CCC(CC)CC(O)C(C)C1CCC2C3=CC(=O)C4C(C)C(OC(=O)c5ccccc5)CCC4(C)C3CCC21C. The fourth-order valence-corrected chi connectivity index (χ4v) is 10.1. The van der Waals surface area contributed by atoms with E-state index < -0.39 is 0 Å². The Hall–Kier alpha value is -1.94. The lowest BCUT2D eigenvalue weighted by Crippen LogP contribution is -2.56. The van der Waals surface area contributed by atoms with Crippen LogP contribution in [0.15, 0.2) is 42.0 Å². The molecule has 0 saturated heterocycles. The minimum Gasteiger partial charge on any atom is -0.458 e. The Morgan fingerprint density at radius 2 is 1.65 bits per heavy atom. The summed E-state index contributed by atoms with van der Waals surface area (Å²) in [6, 6.07) is 9.19. The Morgan fingerprint density at radius 3 is 2.33 bits per heavy atom. The standard InChI is InChI=1S/C36H52O4/c1-7-24(8-2)20-30(37)22(3)27-14-15-28-26-21-31(38)33-23(4)32(40-34(39)25-12-10-9-11-13-25)17-19-36(33,6)29(26)16-18-35(27,28)5/h9-13,21-24,27-30,32-33,37H,7-8,14-20H2,1-6H3. The number of carbonyl (C=O) groups excluding carboxylic acids is 2. The summed E-state index contributed by atoms with van der Waals surface area (Å²) in [5.41, 5.74) is 2.04. The lowest BCUT2D eigenvalue weighted by Gasteiger charge is -2.58. The monoisotopic (exact) mass is 548 g/mol. The molecule has 0 spiro atoms. The third-order valence-corrected chi connectivity index (χ3v) is 12.6. The number of allylic oxidation sites excluding steroid dienone is 2. The minimum atomic E-state index is -0.286. The van der Waals surface area contributed by atoms with Gasteiger partial charge in [-0.25, -0.2) is 4.79 Å². The molecule has 40 heavy (non-hydrogen) atoms. The molecule has 1 N–H and O–H groups in total. The van der Waals surface area contributed by atoms with Gasteiger partial charge < -0.3 is 9.84 Å². The van der Waals surface area contributed by atoms with E-state index in [2.05, 4.69) is 41.5 Å². The van der Waals surface area contributed by atoms with E-state index in [-0.39, 0.29) is 52.5 Å². The average Bonchev–Trinajstić information content (AvgIpc) is 3.30. The summed E-state index contributed by atoms with van der Waals surface area (Å²) in [7, 11) is 0. The van der Waals surface area contributed by atoms with Crippen molar-refractivity contribution in [2.45, 2.75) is 112 Å². The number of carbonyl (C=O) groups is 2. The molecule has 3 fully saturated rings. The topological polar surface area (TPSA) is 63.6 Å². The number of ketones is 1. The molecule has 4 nitrogen and oxygen atoms in total. The van der Waals surface area contributed by atoms with Gasteiger partial charge >= 0.3 is 5.97 Å². The number of ether oxygens (including phenoxy) is 1. The molecule has 0 heterocycles. The maximum absolute atomic E-state index is 13.9. The third-order valence-electron chi connectivity index (χ3n) is 12.6. The van der Waals surface area contributed by atoms with Crippen LogP contribution in [0.25, 0.3) is 0 Å². The summed E-state index contributed by atoms with van der Waals surface area (Å²) in [4.78, 5) is 26.8. The van der Waals surface area contributed by atoms with E-state index in [1.54, 1.807) is 12.1 Å². The van der Waals surface area contributed by atoms with Crippen molar-refractivity contribution in [2.75, 3.05) is 0 Å². The summed E-state index contributed by atoms with van der Waals surface area (Å²) in [6.07, 6.45) is 11.0. The van der Waals surface area contributed by atoms with E-state index >= 15 is 0 Å².